The lowest BCUT2D eigenvalue weighted by Gasteiger charge is -2.31. The summed E-state index contributed by atoms with van der Waals surface area (Å²) in [7, 11) is 0. The molecule has 90 valence electrons. The van der Waals surface area contributed by atoms with Crippen molar-refractivity contribution < 1.29 is 4.74 Å². The summed E-state index contributed by atoms with van der Waals surface area (Å²) in [4.78, 5) is 0. The lowest BCUT2D eigenvalue weighted by molar-refractivity contribution is -0.0602. The molecule has 0 saturated carbocycles. The Morgan fingerprint density at radius 2 is 1.80 bits per heavy atom. The van der Waals surface area contributed by atoms with Gasteiger partial charge in [0.15, 0.2) is 0 Å². The van der Waals surface area contributed by atoms with Crippen LogP contribution in [-0.2, 0) is 4.74 Å². The van der Waals surface area contributed by atoms with Crippen LogP contribution in [0, 0.1) is 0 Å². The number of halogens is 2. The molecular formula is C12H22Cl2O. The van der Waals surface area contributed by atoms with Crippen molar-refractivity contribution in [2.45, 2.75) is 63.5 Å². The minimum Gasteiger partial charge on any atom is -0.371 e. The second kappa shape index (κ2) is 6.12. The Hall–Kier alpha value is 0.280. The summed E-state index contributed by atoms with van der Waals surface area (Å²) in [6.45, 7) is 13.8. The van der Waals surface area contributed by atoms with E-state index in [0.717, 1.165) is 12.0 Å². The first-order valence-corrected chi connectivity index (χ1v) is 6.11. The zero-order valence-electron chi connectivity index (χ0n) is 10.3. The number of hydrogen-bond acceptors (Lipinski definition) is 1. The van der Waals surface area contributed by atoms with Crippen LogP contribution < -0.4 is 0 Å². The molecule has 0 saturated heterocycles. The summed E-state index contributed by atoms with van der Waals surface area (Å²) in [5.41, 5.74) is 0.853. The van der Waals surface area contributed by atoms with Crippen LogP contribution in [0.25, 0.3) is 0 Å². The first-order chi connectivity index (χ1) is 6.63. The second-order valence-electron chi connectivity index (χ2n) is 5.05. The van der Waals surface area contributed by atoms with Crippen LogP contribution in [0.3, 0.4) is 0 Å². The van der Waals surface area contributed by atoms with E-state index in [0.29, 0.717) is 0 Å². The van der Waals surface area contributed by atoms with Crippen LogP contribution in [0.5, 0.6) is 0 Å². The van der Waals surface area contributed by atoms with Crippen molar-refractivity contribution in [3.63, 3.8) is 0 Å². The predicted octanol–water partition coefficient (Wildman–Crippen LogP) is 4.37. The smallest absolute Gasteiger partial charge is 0.0796 e. The van der Waals surface area contributed by atoms with Gasteiger partial charge >= 0.3 is 0 Å². The van der Waals surface area contributed by atoms with Crippen LogP contribution in [0.15, 0.2) is 12.2 Å². The van der Waals surface area contributed by atoms with E-state index in [9.17, 15) is 0 Å². The second-order valence-corrected chi connectivity index (χ2v) is 6.24. The Labute approximate surface area is 104 Å². The molecule has 0 bridgehead atoms. The first kappa shape index (κ1) is 15.3. The van der Waals surface area contributed by atoms with Gasteiger partial charge in [-0.15, -0.1) is 29.8 Å². The van der Waals surface area contributed by atoms with Gasteiger partial charge in [0.05, 0.1) is 17.1 Å². The molecule has 0 aromatic rings. The summed E-state index contributed by atoms with van der Waals surface area (Å²) < 4.78 is 5.89. The third-order valence-electron chi connectivity index (χ3n) is 1.85. The molecule has 0 spiro atoms. The molecule has 3 heteroatoms. The van der Waals surface area contributed by atoms with E-state index in [1.165, 1.54) is 0 Å². The summed E-state index contributed by atoms with van der Waals surface area (Å²) in [6, 6.07) is 0. The van der Waals surface area contributed by atoms with Gasteiger partial charge in [-0.05, 0) is 41.0 Å². The summed E-state index contributed by atoms with van der Waals surface area (Å²) in [6.07, 6.45) is 0.680. The average Bonchev–Trinajstić information content (AvgIpc) is 1.97. The number of alkyl halides is 2. The van der Waals surface area contributed by atoms with E-state index in [-0.39, 0.29) is 22.5 Å². The van der Waals surface area contributed by atoms with Crippen LogP contribution in [-0.4, -0.2) is 22.5 Å². The molecule has 0 fully saturated rings. The maximum Gasteiger partial charge on any atom is 0.0796 e. The normalized spacial score (nSPS) is 18.3. The molecular weight excluding hydrogens is 231 g/mol. The Bertz CT molecular complexity index is 206. The van der Waals surface area contributed by atoms with E-state index < -0.39 is 0 Å². The monoisotopic (exact) mass is 252 g/mol. The molecule has 0 aromatic heterocycles. The lowest BCUT2D eigenvalue weighted by Crippen LogP contribution is -2.37. The van der Waals surface area contributed by atoms with Crippen molar-refractivity contribution >= 4 is 23.2 Å². The molecule has 0 aliphatic rings. The van der Waals surface area contributed by atoms with Gasteiger partial charge in [0.1, 0.15) is 0 Å². The summed E-state index contributed by atoms with van der Waals surface area (Å²) >= 11 is 12.2. The standard InChI is InChI=1S/C12H22Cl2O/c1-8(2)7-10(11(14)9(3)13)15-12(4,5)6/h9-11H,1,7H2,2-6H3/t9-,10-,11-/m1/s1. The largest absolute Gasteiger partial charge is 0.371 e. The number of ether oxygens (including phenoxy) is 1. The molecule has 0 rings (SSSR count). The lowest BCUT2D eigenvalue weighted by atomic mass is 10.0. The fourth-order valence-corrected chi connectivity index (χ4v) is 1.62. The van der Waals surface area contributed by atoms with Gasteiger partial charge in [-0.25, -0.2) is 0 Å². The van der Waals surface area contributed by atoms with Crippen LogP contribution in [0.1, 0.15) is 41.0 Å². The van der Waals surface area contributed by atoms with E-state index in [2.05, 4.69) is 6.58 Å². The van der Waals surface area contributed by atoms with Crippen molar-refractivity contribution in [1.29, 1.82) is 0 Å². The Balaban J connectivity index is 4.51. The van der Waals surface area contributed by atoms with Gasteiger partial charge in [0, 0.05) is 5.38 Å². The molecule has 1 nitrogen and oxygen atoms in total. The highest BCUT2D eigenvalue weighted by Crippen LogP contribution is 2.25. The van der Waals surface area contributed by atoms with Crippen molar-refractivity contribution in [3.8, 4) is 0 Å². The fourth-order valence-electron chi connectivity index (χ4n) is 1.31. The zero-order chi connectivity index (χ0) is 12.2. The highest BCUT2D eigenvalue weighted by molar-refractivity contribution is 6.30. The highest BCUT2D eigenvalue weighted by Gasteiger charge is 2.28. The van der Waals surface area contributed by atoms with Gasteiger partial charge in [-0.2, -0.15) is 0 Å². The molecule has 0 unspecified atom stereocenters. The van der Waals surface area contributed by atoms with Crippen LogP contribution in [0.4, 0.5) is 0 Å². The SMILES string of the molecule is C=C(C)C[C@@H](OC(C)(C)C)[C@H](Cl)[C@@H](C)Cl. The minimum atomic E-state index is -0.209. The predicted molar refractivity (Wildman–Crippen MR) is 69.0 cm³/mol. The van der Waals surface area contributed by atoms with Crippen molar-refractivity contribution in [2.75, 3.05) is 0 Å². The third kappa shape index (κ3) is 7.21. The van der Waals surface area contributed by atoms with Gasteiger partial charge in [0.25, 0.3) is 0 Å². The highest BCUT2D eigenvalue weighted by atomic mass is 35.5. The quantitative estimate of drug-likeness (QED) is 0.522. The molecule has 0 aliphatic carbocycles. The van der Waals surface area contributed by atoms with Gasteiger partial charge in [-0.3, -0.25) is 0 Å². The molecule has 15 heavy (non-hydrogen) atoms. The molecule has 0 aliphatic heterocycles. The first-order valence-electron chi connectivity index (χ1n) is 5.24. The Kier molecular flexibility index (Phi) is 6.24. The van der Waals surface area contributed by atoms with Gasteiger partial charge in [0.2, 0.25) is 0 Å². The summed E-state index contributed by atoms with van der Waals surface area (Å²) in [5.74, 6) is 0. The fraction of sp³-hybridized carbons (Fsp3) is 0.833. The average molecular weight is 253 g/mol. The van der Waals surface area contributed by atoms with Gasteiger partial charge < -0.3 is 4.74 Å². The van der Waals surface area contributed by atoms with Crippen molar-refractivity contribution in [1.82, 2.24) is 0 Å². The summed E-state index contributed by atoms with van der Waals surface area (Å²) in [5, 5.41) is -0.305. The maximum absolute atomic E-state index is 6.23. The van der Waals surface area contributed by atoms with E-state index >= 15 is 0 Å². The van der Waals surface area contributed by atoms with E-state index in [1.54, 1.807) is 0 Å². The van der Waals surface area contributed by atoms with E-state index in [4.69, 9.17) is 27.9 Å². The molecule has 0 radical (unpaired) electrons. The van der Waals surface area contributed by atoms with Crippen molar-refractivity contribution in [3.05, 3.63) is 12.2 Å². The number of rotatable bonds is 5. The maximum atomic E-state index is 6.23. The molecule has 0 aromatic carbocycles. The van der Waals surface area contributed by atoms with Crippen LogP contribution in [0.2, 0.25) is 0 Å². The van der Waals surface area contributed by atoms with E-state index in [1.807, 2.05) is 34.6 Å². The van der Waals surface area contributed by atoms with Crippen LogP contribution >= 0.6 is 23.2 Å². The Morgan fingerprint density at radius 1 is 1.33 bits per heavy atom. The molecule has 0 heterocycles. The number of hydrogen-bond donors (Lipinski definition) is 0. The molecule has 0 N–H and O–H groups in total. The van der Waals surface area contributed by atoms with Gasteiger partial charge in [-0.1, -0.05) is 5.57 Å². The minimum absolute atomic E-state index is 0.0725. The molecule has 3 atom stereocenters. The topological polar surface area (TPSA) is 9.23 Å². The third-order valence-corrected chi connectivity index (χ3v) is 2.91. The zero-order valence-corrected chi connectivity index (χ0v) is 11.8. The Morgan fingerprint density at radius 3 is 2.07 bits per heavy atom. The van der Waals surface area contributed by atoms with Crippen molar-refractivity contribution in [2.24, 2.45) is 0 Å². The molecule has 0 amide bonds.